The predicted octanol–water partition coefficient (Wildman–Crippen LogP) is 1.99. The van der Waals surface area contributed by atoms with Gasteiger partial charge in [-0.05, 0) is 37.3 Å². The van der Waals surface area contributed by atoms with Crippen LogP contribution in [0.25, 0.3) is 0 Å². The minimum absolute atomic E-state index is 0.0655. The van der Waals surface area contributed by atoms with Gasteiger partial charge in [-0.1, -0.05) is 19.9 Å². The van der Waals surface area contributed by atoms with Crippen molar-refractivity contribution in [1.29, 1.82) is 0 Å². The third-order valence-electron chi connectivity index (χ3n) is 4.14. The van der Waals surface area contributed by atoms with E-state index in [1.54, 1.807) is 12.3 Å². The highest BCUT2D eigenvalue weighted by Gasteiger charge is 2.53. The number of aliphatic carboxylic acids is 2. The second-order valence-electron chi connectivity index (χ2n) is 6.52. The fraction of sp³-hybridized carbons (Fsp3) is 0.562. The van der Waals surface area contributed by atoms with Gasteiger partial charge in [-0.2, -0.15) is 0 Å². The van der Waals surface area contributed by atoms with Crippen LogP contribution < -0.4 is 5.32 Å². The van der Waals surface area contributed by atoms with Crippen molar-refractivity contribution in [1.82, 2.24) is 10.3 Å². The van der Waals surface area contributed by atoms with Gasteiger partial charge >= 0.3 is 11.9 Å². The number of hydrogen-bond donors (Lipinski definition) is 3. The van der Waals surface area contributed by atoms with Crippen molar-refractivity contribution in [2.24, 2.45) is 11.8 Å². The summed E-state index contributed by atoms with van der Waals surface area (Å²) in [5.74, 6) is -2.65. The van der Waals surface area contributed by atoms with Crippen LogP contribution in [0, 0.1) is 18.8 Å². The monoisotopic (exact) mass is 306 g/mol. The van der Waals surface area contributed by atoms with Crippen LogP contribution in [0.15, 0.2) is 18.3 Å². The summed E-state index contributed by atoms with van der Waals surface area (Å²) in [5, 5.41) is 22.2. The maximum Gasteiger partial charge on any atom is 0.323 e. The number of aryl methyl sites for hydroxylation is 1. The molecule has 0 aliphatic carbocycles. The van der Waals surface area contributed by atoms with Gasteiger partial charge < -0.3 is 10.2 Å². The van der Waals surface area contributed by atoms with Gasteiger partial charge in [0, 0.05) is 6.20 Å². The highest BCUT2D eigenvalue weighted by atomic mass is 16.4. The minimum atomic E-state index is -1.21. The van der Waals surface area contributed by atoms with Crippen molar-refractivity contribution in [3.05, 3.63) is 29.6 Å². The van der Waals surface area contributed by atoms with Crippen LogP contribution in [0.5, 0.6) is 0 Å². The molecule has 2 heterocycles. The zero-order valence-corrected chi connectivity index (χ0v) is 13.0. The average Bonchev–Trinajstić information content (AvgIpc) is 2.80. The smallest absolute Gasteiger partial charge is 0.323 e. The summed E-state index contributed by atoms with van der Waals surface area (Å²) < 4.78 is 0. The van der Waals surface area contributed by atoms with Crippen LogP contribution in [-0.2, 0) is 9.59 Å². The number of rotatable bonds is 5. The van der Waals surface area contributed by atoms with Gasteiger partial charge in [0.25, 0.3) is 0 Å². The van der Waals surface area contributed by atoms with Gasteiger partial charge in [-0.25, -0.2) is 0 Å². The van der Waals surface area contributed by atoms with Crippen LogP contribution in [0.1, 0.15) is 44.0 Å². The molecule has 1 aliphatic heterocycles. The number of nitrogens with one attached hydrogen (secondary N) is 1. The van der Waals surface area contributed by atoms with E-state index >= 15 is 0 Å². The molecule has 2 rings (SSSR count). The van der Waals surface area contributed by atoms with Crippen molar-refractivity contribution >= 4 is 11.9 Å². The van der Waals surface area contributed by atoms with E-state index in [0.717, 1.165) is 5.56 Å². The Kier molecular flexibility index (Phi) is 4.51. The van der Waals surface area contributed by atoms with E-state index in [-0.39, 0.29) is 12.3 Å². The minimum Gasteiger partial charge on any atom is -0.481 e. The molecule has 22 heavy (non-hydrogen) atoms. The first kappa shape index (κ1) is 16.4. The van der Waals surface area contributed by atoms with Crippen LogP contribution in [-0.4, -0.2) is 32.7 Å². The Morgan fingerprint density at radius 1 is 1.41 bits per heavy atom. The van der Waals surface area contributed by atoms with Gasteiger partial charge in [-0.3, -0.25) is 19.9 Å². The molecule has 0 bridgehead atoms. The molecule has 1 aliphatic rings. The maximum absolute atomic E-state index is 11.8. The highest BCUT2D eigenvalue weighted by Crippen LogP contribution is 2.41. The molecule has 0 radical (unpaired) electrons. The second kappa shape index (κ2) is 6.04. The van der Waals surface area contributed by atoms with Gasteiger partial charge in [0.15, 0.2) is 0 Å². The largest absolute Gasteiger partial charge is 0.481 e. The Bertz CT molecular complexity index is 570. The molecule has 3 N–H and O–H groups in total. The zero-order chi connectivity index (χ0) is 16.5. The third-order valence-corrected chi connectivity index (χ3v) is 4.14. The molecule has 1 saturated heterocycles. The Hall–Kier alpha value is -1.95. The Balaban J connectivity index is 2.38. The molecule has 0 spiro atoms. The lowest BCUT2D eigenvalue weighted by atomic mass is 9.84. The van der Waals surface area contributed by atoms with E-state index in [1.165, 1.54) is 0 Å². The van der Waals surface area contributed by atoms with Crippen molar-refractivity contribution in [3.63, 3.8) is 0 Å². The van der Waals surface area contributed by atoms with Gasteiger partial charge in [0.05, 0.1) is 17.7 Å². The molecule has 1 aromatic rings. The number of carboxylic acids is 2. The highest BCUT2D eigenvalue weighted by molar-refractivity contribution is 5.82. The molecule has 3 atom stereocenters. The standard InChI is InChI=1S/C16H22N2O4/c1-9(2)6-16(15(21)22)7-11(14(19)20)13(18-16)12-5-4-10(3)8-17-12/h4-5,8-9,11,13,18H,6-7H2,1-3H3,(H,19,20)(H,21,22)/t11-,13+,16-/m0/s1. The number of nitrogens with zero attached hydrogens (tertiary/aromatic N) is 1. The van der Waals surface area contributed by atoms with E-state index in [1.807, 2.05) is 26.8 Å². The van der Waals surface area contributed by atoms with E-state index in [2.05, 4.69) is 10.3 Å². The topological polar surface area (TPSA) is 99.5 Å². The van der Waals surface area contributed by atoms with Crippen molar-refractivity contribution < 1.29 is 19.8 Å². The maximum atomic E-state index is 11.8. The first-order chi connectivity index (χ1) is 10.2. The van der Waals surface area contributed by atoms with Crippen LogP contribution in [0.4, 0.5) is 0 Å². The summed E-state index contributed by atoms with van der Waals surface area (Å²) in [5.41, 5.74) is 0.333. The Labute approximate surface area is 129 Å². The first-order valence-corrected chi connectivity index (χ1v) is 7.41. The number of pyridine rings is 1. The lowest BCUT2D eigenvalue weighted by Crippen LogP contribution is -2.49. The zero-order valence-electron chi connectivity index (χ0n) is 13.0. The average molecular weight is 306 g/mol. The summed E-state index contributed by atoms with van der Waals surface area (Å²) in [4.78, 5) is 27.6. The molecular weight excluding hydrogens is 284 g/mol. The summed E-state index contributed by atoms with van der Waals surface area (Å²) in [6, 6.07) is 3.02. The molecule has 120 valence electrons. The molecule has 0 saturated carbocycles. The summed E-state index contributed by atoms with van der Waals surface area (Å²) >= 11 is 0. The predicted molar refractivity (Wildman–Crippen MR) is 80.4 cm³/mol. The van der Waals surface area contributed by atoms with Gasteiger partial charge in [-0.15, -0.1) is 0 Å². The van der Waals surface area contributed by atoms with Crippen LogP contribution in [0.2, 0.25) is 0 Å². The number of carboxylic acid groups (broad SMARTS) is 2. The summed E-state index contributed by atoms with van der Waals surface area (Å²) in [6.07, 6.45) is 2.11. The van der Waals surface area contributed by atoms with E-state index in [0.29, 0.717) is 12.1 Å². The molecule has 0 aromatic carbocycles. The SMILES string of the molecule is Cc1ccc([C@@H]2N[C@](CC(C)C)(C(=O)O)C[C@@H]2C(=O)O)nc1. The Morgan fingerprint density at radius 3 is 2.55 bits per heavy atom. The molecule has 6 nitrogen and oxygen atoms in total. The van der Waals surface area contributed by atoms with Gasteiger partial charge in [0.1, 0.15) is 5.54 Å². The molecular formula is C16H22N2O4. The molecule has 6 heteroatoms. The normalized spacial score (nSPS) is 28.0. The Morgan fingerprint density at radius 2 is 2.09 bits per heavy atom. The third kappa shape index (κ3) is 3.11. The molecule has 0 unspecified atom stereocenters. The first-order valence-electron chi connectivity index (χ1n) is 7.41. The van der Waals surface area contributed by atoms with E-state index < -0.39 is 29.4 Å². The number of hydrogen-bond acceptors (Lipinski definition) is 4. The van der Waals surface area contributed by atoms with Crippen molar-refractivity contribution in [3.8, 4) is 0 Å². The molecule has 0 amide bonds. The number of aromatic nitrogens is 1. The summed E-state index contributed by atoms with van der Waals surface area (Å²) in [7, 11) is 0. The van der Waals surface area contributed by atoms with Crippen LogP contribution in [0.3, 0.4) is 0 Å². The lowest BCUT2D eigenvalue weighted by molar-refractivity contribution is -0.145. The molecule has 1 aromatic heterocycles. The fourth-order valence-electron chi connectivity index (χ4n) is 3.20. The number of carbonyl (C=O) groups is 2. The lowest BCUT2D eigenvalue weighted by Gasteiger charge is -2.27. The van der Waals surface area contributed by atoms with E-state index in [9.17, 15) is 19.8 Å². The van der Waals surface area contributed by atoms with Crippen molar-refractivity contribution in [2.45, 2.75) is 45.2 Å². The van der Waals surface area contributed by atoms with E-state index in [4.69, 9.17) is 0 Å². The fourth-order valence-corrected chi connectivity index (χ4v) is 3.20. The quantitative estimate of drug-likeness (QED) is 0.769. The van der Waals surface area contributed by atoms with Crippen molar-refractivity contribution in [2.75, 3.05) is 0 Å². The second-order valence-corrected chi connectivity index (χ2v) is 6.52. The molecule has 1 fully saturated rings. The van der Waals surface area contributed by atoms with Crippen LogP contribution >= 0.6 is 0 Å². The summed E-state index contributed by atoms with van der Waals surface area (Å²) in [6.45, 7) is 5.76. The van der Waals surface area contributed by atoms with Gasteiger partial charge in [0.2, 0.25) is 0 Å².